The van der Waals surface area contributed by atoms with Gasteiger partial charge in [-0.2, -0.15) is 0 Å². The summed E-state index contributed by atoms with van der Waals surface area (Å²) in [6.07, 6.45) is 0. The van der Waals surface area contributed by atoms with E-state index in [0.29, 0.717) is 10.1 Å². The highest BCUT2D eigenvalue weighted by atomic mass is 32.2. The van der Waals surface area contributed by atoms with E-state index in [4.69, 9.17) is 9.47 Å². The van der Waals surface area contributed by atoms with Gasteiger partial charge in [0.2, 0.25) is 15.9 Å². The zero-order valence-electron chi connectivity index (χ0n) is 16.9. The van der Waals surface area contributed by atoms with Crippen LogP contribution in [0.5, 0.6) is 11.5 Å². The lowest BCUT2D eigenvalue weighted by Crippen LogP contribution is -2.33. The number of anilines is 2. The van der Waals surface area contributed by atoms with Crippen molar-refractivity contribution in [1.82, 2.24) is 0 Å². The Morgan fingerprint density at radius 3 is 2.17 bits per heavy atom. The summed E-state index contributed by atoms with van der Waals surface area (Å²) in [4.78, 5) is 12.3. The fourth-order valence-electron chi connectivity index (χ4n) is 3.13. The lowest BCUT2D eigenvalue weighted by molar-refractivity contribution is -0.123. The van der Waals surface area contributed by atoms with Gasteiger partial charge in [-0.1, -0.05) is 0 Å². The molecule has 0 spiro atoms. The van der Waals surface area contributed by atoms with E-state index in [-0.39, 0.29) is 27.8 Å². The lowest BCUT2D eigenvalue weighted by Gasteiger charge is -2.19. The van der Waals surface area contributed by atoms with Gasteiger partial charge in [0.1, 0.15) is 16.4 Å². The number of carbonyl (C=O) groups is 1. The molecule has 1 amide bonds. The molecule has 1 saturated heterocycles. The summed E-state index contributed by atoms with van der Waals surface area (Å²) >= 11 is 0. The van der Waals surface area contributed by atoms with Crippen molar-refractivity contribution in [3.63, 3.8) is 0 Å². The lowest BCUT2D eigenvalue weighted by atomic mass is 9.95. The van der Waals surface area contributed by atoms with Gasteiger partial charge in [-0.25, -0.2) is 21.1 Å². The number of nitrogens with zero attached hydrogens (tertiary/aromatic N) is 1. The smallest absolute Gasteiger partial charge is 0.265 e. The summed E-state index contributed by atoms with van der Waals surface area (Å²) in [7, 11) is -5.31. The number of hydrogen-bond acceptors (Lipinski definition) is 7. The molecule has 0 unspecified atom stereocenters. The maximum absolute atomic E-state index is 13.0. The van der Waals surface area contributed by atoms with Gasteiger partial charge in [-0.05, 0) is 56.3 Å². The zero-order chi connectivity index (χ0) is 22.3. The normalized spacial score (nSPS) is 17.6. The van der Waals surface area contributed by atoms with Crippen molar-refractivity contribution in [3.8, 4) is 11.5 Å². The molecule has 2 aromatic rings. The number of carbonyl (C=O) groups excluding carboxylic acids is 1. The fourth-order valence-corrected chi connectivity index (χ4v) is 6.48. The summed E-state index contributed by atoms with van der Waals surface area (Å²) in [6.45, 7) is 3.05. The summed E-state index contributed by atoms with van der Waals surface area (Å²) in [6, 6.07) is 9.97. The first kappa shape index (κ1) is 21.9. The minimum atomic E-state index is -4.16. The van der Waals surface area contributed by atoms with Gasteiger partial charge in [0.15, 0.2) is 0 Å². The number of sulfonamides is 2. The van der Waals surface area contributed by atoms with Crippen LogP contribution in [0.25, 0.3) is 0 Å². The van der Waals surface area contributed by atoms with Crippen molar-refractivity contribution in [1.29, 1.82) is 0 Å². The third-order valence-electron chi connectivity index (χ3n) is 4.60. The Hall–Kier alpha value is -2.79. The average molecular weight is 455 g/mol. The van der Waals surface area contributed by atoms with Gasteiger partial charge in [-0.15, -0.1) is 0 Å². The maximum atomic E-state index is 13.0. The van der Waals surface area contributed by atoms with Crippen LogP contribution < -0.4 is 18.5 Å². The number of benzene rings is 2. The van der Waals surface area contributed by atoms with E-state index in [1.165, 1.54) is 52.3 Å². The Morgan fingerprint density at radius 1 is 1.03 bits per heavy atom. The number of ether oxygens (including phenoxy) is 2. The molecule has 0 saturated carbocycles. The minimum Gasteiger partial charge on any atom is -0.497 e. The molecular weight excluding hydrogens is 432 g/mol. The Bertz CT molecular complexity index is 1190. The number of rotatable bonds is 6. The highest BCUT2D eigenvalue weighted by molar-refractivity contribution is 7.94. The van der Waals surface area contributed by atoms with E-state index >= 15 is 0 Å². The zero-order valence-corrected chi connectivity index (χ0v) is 18.5. The number of nitrogens with one attached hydrogen (secondary N) is 1. The molecule has 1 fully saturated rings. The standard InChI is InChI=1S/C19H22N2O7S2/c1-19(2)12-29(23,24)21(18(19)22)14-7-10-16(28-4)17(11-14)30(25,26)20-13-5-8-15(27-3)9-6-13/h5-11,20H,12H2,1-4H3. The highest BCUT2D eigenvalue weighted by Gasteiger charge is 2.50. The second kappa shape index (κ2) is 7.47. The Morgan fingerprint density at radius 2 is 1.67 bits per heavy atom. The molecule has 0 aromatic heterocycles. The van der Waals surface area contributed by atoms with Crippen LogP contribution in [0.4, 0.5) is 11.4 Å². The SMILES string of the molecule is COc1ccc(NS(=O)(=O)c2cc(N3C(=O)C(C)(C)CS3(=O)=O)ccc2OC)cc1. The van der Waals surface area contributed by atoms with E-state index < -0.39 is 31.4 Å². The molecule has 1 N–H and O–H groups in total. The van der Waals surface area contributed by atoms with Gasteiger partial charge in [0.25, 0.3) is 10.0 Å². The molecule has 0 radical (unpaired) electrons. The van der Waals surface area contributed by atoms with E-state index in [9.17, 15) is 21.6 Å². The van der Waals surface area contributed by atoms with Crippen LogP contribution in [-0.2, 0) is 24.8 Å². The number of amides is 1. The summed E-state index contributed by atoms with van der Waals surface area (Å²) in [5.41, 5.74) is -0.908. The number of hydrogen-bond donors (Lipinski definition) is 1. The molecule has 1 aliphatic rings. The molecule has 0 bridgehead atoms. The second-order valence-electron chi connectivity index (χ2n) is 7.38. The van der Waals surface area contributed by atoms with Gasteiger partial charge in [0, 0.05) is 5.69 Å². The molecule has 11 heteroatoms. The third kappa shape index (κ3) is 3.94. The quantitative estimate of drug-likeness (QED) is 0.711. The van der Waals surface area contributed by atoms with Crippen molar-refractivity contribution in [3.05, 3.63) is 42.5 Å². The van der Waals surface area contributed by atoms with Crippen molar-refractivity contribution >= 4 is 37.3 Å². The molecule has 2 aromatic carbocycles. The first-order valence-corrected chi connectivity index (χ1v) is 11.9. The summed E-state index contributed by atoms with van der Waals surface area (Å²) < 4.78 is 64.4. The van der Waals surface area contributed by atoms with Crippen molar-refractivity contribution < 1.29 is 31.1 Å². The Labute approximate surface area is 175 Å². The summed E-state index contributed by atoms with van der Waals surface area (Å²) in [5.74, 6) is -0.433. The third-order valence-corrected chi connectivity index (χ3v) is 8.02. The van der Waals surface area contributed by atoms with Gasteiger partial charge >= 0.3 is 0 Å². The molecule has 0 aliphatic carbocycles. The van der Waals surface area contributed by atoms with E-state index in [0.717, 1.165) is 6.07 Å². The van der Waals surface area contributed by atoms with Crippen LogP contribution in [-0.4, -0.2) is 42.7 Å². The fraction of sp³-hybridized carbons (Fsp3) is 0.316. The van der Waals surface area contributed by atoms with Gasteiger partial charge < -0.3 is 9.47 Å². The van der Waals surface area contributed by atoms with Crippen LogP contribution in [0.15, 0.2) is 47.4 Å². The Kier molecular flexibility index (Phi) is 5.46. The molecule has 0 atom stereocenters. The monoisotopic (exact) mass is 454 g/mol. The maximum Gasteiger partial charge on any atom is 0.265 e. The molecule has 30 heavy (non-hydrogen) atoms. The molecule has 3 rings (SSSR count). The average Bonchev–Trinajstić information content (AvgIpc) is 2.84. The van der Waals surface area contributed by atoms with Crippen LogP contribution in [0.2, 0.25) is 0 Å². The predicted molar refractivity (Wildman–Crippen MR) is 112 cm³/mol. The van der Waals surface area contributed by atoms with E-state index in [2.05, 4.69) is 4.72 Å². The Balaban J connectivity index is 2.05. The predicted octanol–water partition coefficient (Wildman–Crippen LogP) is 2.21. The van der Waals surface area contributed by atoms with E-state index in [1.54, 1.807) is 12.1 Å². The van der Waals surface area contributed by atoms with Crippen LogP contribution in [0, 0.1) is 5.41 Å². The summed E-state index contributed by atoms with van der Waals surface area (Å²) in [5, 5.41) is 0. The van der Waals surface area contributed by atoms with Crippen LogP contribution in [0.3, 0.4) is 0 Å². The molecular formula is C19H22N2O7S2. The van der Waals surface area contributed by atoms with Crippen LogP contribution >= 0.6 is 0 Å². The molecule has 1 heterocycles. The van der Waals surface area contributed by atoms with Gasteiger partial charge in [-0.3, -0.25) is 9.52 Å². The molecule has 9 nitrogen and oxygen atoms in total. The van der Waals surface area contributed by atoms with Gasteiger partial charge in [0.05, 0.1) is 31.1 Å². The van der Waals surface area contributed by atoms with Crippen molar-refractivity contribution in [2.24, 2.45) is 5.41 Å². The largest absolute Gasteiger partial charge is 0.497 e. The highest BCUT2D eigenvalue weighted by Crippen LogP contribution is 2.38. The first-order valence-electron chi connectivity index (χ1n) is 8.84. The van der Waals surface area contributed by atoms with Crippen molar-refractivity contribution in [2.45, 2.75) is 18.7 Å². The van der Waals surface area contributed by atoms with Crippen LogP contribution in [0.1, 0.15) is 13.8 Å². The second-order valence-corrected chi connectivity index (χ2v) is 10.8. The number of methoxy groups -OCH3 is 2. The minimum absolute atomic E-state index is 0.00284. The van der Waals surface area contributed by atoms with E-state index in [1.807, 2.05) is 0 Å². The first-order chi connectivity index (χ1) is 13.9. The molecule has 162 valence electrons. The van der Waals surface area contributed by atoms with Crippen molar-refractivity contribution in [2.75, 3.05) is 29.0 Å². The topological polar surface area (TPSA) is 119 Å². The molecule has 1 aliphatic heterocycles.